The molecule has 1 fully saturated rings. The van der Waals surface area contributed by atoms with Gasteiger partial charge in [-0.05, 0) is 42.0 Å². The average molecular weight is 440 g/mol. The minimum atomic E-state index is -0.433. The van der Waals surface area contributed by atoms with Gasteiger partial charge < -0.3 is 9.80 Å². The lowest BCUT2D eigenvalue weighted by Crippen LogP contribution is -2.51. The summed E-state index contributed by atoms with van der Waals surface area (Å²) in [6.07, 6.45) is 0.261. The van der Waals surface area contributed by atoms with Crippen LogP contribution in [-0.4, -0.2) is 47.8 Å². The highest BCUT2D eigenvalue weighted by Gasteiger charge is 2.25. The Balaban J connectivity index is 1.57. The number of hydrogen-bond donors (Lipinski definition) is 0. The van der Waals surface area contributed by atoms with Crippen LogP contribution in [0.1, 0.15) is 15.9 Å². The SMILES string of the molecule is O=C(Cc1cc(Cl)cc(Br)c1)N1CCN(C(=O)c2cccc(F)c2)CC1. The monoisotopic (exact) mass is 438 g/mol. The molecular formula is C19H17BrClFN2O2. The maximum atomic E-state index is 13.3. The van der Waals surface area contributed by atoms with E-state index in [1.165, 1.54) is 18.2 Å². The largest absolute Gasteiger partial charge is 0.339 e. The van der Waals surface area contributed by atoms with Gasteiger partial charge in [-0.25, -0.2) is 4.39 Å². The Bertz CT molecular complexity index is 818. The van der Waals surface area contributed by atoms with Crippen LogP contribution in [0.15, 0.2) is 46.9 Å². The molecule has 1 saturated heterocycles. The number of carbonyl (C=O) groups excluding carboxylic acids is 2. The van der Waals surface area contributed by atoms with E-state index in [0.717, 1.165) is 10.0 Å². The number of benzene rings is 2. The van der Waals surface area contributed by atoms with Crippen molar-refractivity contribution in [2.24, 2.45) is 0 Å². The van der Waals surface area contributed by atoms with Crippen molar-refractivity contribution in [3.8, 4) is 0 Å². The molecule has 136 valence electrons. The predicted octanol–water partition coefficient (Wildman–Crippen LogP) is 3.77. The van der Waals surface area contributed by atoms with Crippen molar-refractivity contribution in [2.45, 2.75) is 6.42 Å². The van der Waals surface area contributed by atoms with Crippen LogP contribution < -0.4 is 0 Å². The number of rotatable bonds is 3. The fourth-order valence-electron chi connectivity index (χ4n) is 2.96. The number of piperazine rings is 1. The van der Waals surface area contributed by atoms with Gasteiger partial charge in [-0.1, -0.05) is 33.6 Å². The van der Waals surface area contributed by atoms with E-state index in [1.54, 1.807) is 28.0 Å². The molecule has 2 aromatic rings. The van der Waals surface area contributed by atoms with Crippen LogP contribution in [0.5, 0.6) is 0 Å². The van der Waals surface area contributed by atoms with Gasteiger partial charge in [-0.2, -0.15) is 0 Å². The zero-order valence-corrected chi connectivity index (χ0v) is 16.3. The summed E-state index contributed by atoms with van der Waals surface area (Å²) in [6, 6.07) is 11.1. The third-order valence-corrected chi connectivity index (χ3v) is 4.94. The third-order valence-electron chi connectivity index (χ3n) is 4.27. The highest BCUT2D eigenvalue weighted by Crippen LogP contribution is 2.20. The molecule has 7 heteroatoms. The van der Waals surface area contributed by atoms with Crippen LogP contribution in [0.4, 0.5) is 4.39 Å². The van der Waals surface area contributed by atoms with Gasteiger partial charge in [0.15, 0.2) is 0 Å². The molecule has 0 bridgehead atoms. The molecule has 3 rings (SSSR count). The molecular weight excluding hydrogens is 423 g/mol. The van der Waals surface area contributed by atoms with E-state index in [2.05, 4.69) is 15.9 Å². The molecule has 0 spiro atoms. The number of carbonyl (C=O) groups is 2. The van der Waals surface area contributed by atoms with E-state index in [4.69, 9.17) is 11.6 Å². The molecule has 0 unspecified atom stereocenters. The maximum Gasteiger partial charge on any atom is 0.254 e. The molecule has 1 aliphatic rings. The zero-order valence-electron chi connectivity index (χ0n) is 13.9. The summed E-state index contributed by atoms with van der Waals surface area (Å²) < 4.78 is 14.1. The maximum absolute atomic E-state index is 13.3. The van der Waals surface area contributed by atoms with Crippen LogP contribution >= 0.6 is 27.5 Å². The molecule has 2 aromatic carbocycles. The Kier molecular flexibility index (Phi) is 5.94. The van der Waals surface area contributed by atoms with Crippen LogP contribution in [-0.2, 0) is 11.2 Å². The summed E-state index contributed by atoms with van der Waals surface area (Å²) in [4.78, 5) is 28.3. The first-order chi connectivity index (χ1) is 12.4. The lowest BCUT2D eigenvalue weighted by atomic mass is 10.1. The number of nitrogens with zero attached hydrogens (tertiary/aromatic N) is 2. The van der Waals surface area contributed by atoms with E-state index >= 15 is 0 Å². The Labute approximate surface area is 164 Å². The molecule has 0 saturated carbocycles. The molecule has 4 nitrogen and oxygen atoms in total. The Morgan fingerprint density at radius 1 is 1.04 bits per heavy atom. The van der Waals surface area contributed by atoms with Gasteiger partial charge in [0.2, 0.25) is 5.91 Å². The van der Waals surface area contributed by atoms with E-state index < -0.39 is 5.82 Å². The Morgan fingerprint density at radius 3 is 2.38 bits per heavy atom. The van der Waals surface area contributed by atoms with E-state index in [1.807, 2.05) is 6.07 Å². The van der Waals surface area contributed by atoms with E-state index in [0.29, 0.717) is 36.8 Å². The minimum absolute atomic E-state index is 0.00276. The summed E-state index contributed by atoms with van der Waals surface area (Å²) in [5.41, 5.74) is 1.17. The standard InChI is InChI=1S/C19H17BrClFN2O2/c20-15-8-13(9-16(21)12-15)10-18(25)23-4-6-24(7-5-23)19(26)14-2-1-3-17(22)11-14/h1-3,8-9,11-12H,4-7,10H2. The molecule has 0 atom stereocenters. The van der Waals surface area contributed by atoms with Crippen molar-refractivity contribution in [1.29, 1.82) is 0 Å². The van der Waals surface area contributed by atoms with Crippen molar-refractivity contribution in [2.75, 3.05) is 26.2 Å². The topological polar surface area (TPSA) is 40.6 Å². The lowest BCUT2D eigenvalue weighted by Gasteiger charge is -2.35. The Hall–Kier alpha value is -1.92. The molecule has 0 radical (unpaired) electrons. The summed E-state index contributed by atoms with van der Waals surface area (Å²) in [6.45, 7) is 1.78. The normalized spacial score (nSPS) is 14.4. The fraction of sp³-hybridized carbons (Fsp3) is 0.263. The van der Waals surface area contributed by atoms with Crippen molar-refractivity contribution in [3.05, 3.63) is 68.9 Å². The first-order valence-electron chi connectivity index (χ1n) is 8.20. The van der Waals surface area contributed by atoms with Gasteiger partial charge in [0, 0.05) is 41.2 Å². The second-order valence-electron chi connectivity index (χ2n) is 6.14. The van der Waals surface area contributed by atoms with Gasteiger partial charge >= 0.3 is 0 Å². The molecule has 26 heavy (non-hydrogen) atoms. The second kappa shape index (κ2) is 8.18. The third kappa shape index (κ3) is 4.62. The van der Waals surface area contributed by atoms with Crippen molar-refractivity contribution >= 4 is 39.3 Å². The van der Waals surface area contributed by atoms with Gasteiger partial charge in [0.05, 0.1) is 6.42 Å². The number of halogens is 3. The highest BCUT2D eigenvalue weighted by atomic mass is 79.9. The first-order valence-corrected chi connectivity index (χ1v) is 9.37. The van der Waals surface area contributed by atoms with E-state index in [-0.39, 0.29) is 18.2 Å². The molecule has 0 aliphatic carbocycles. The van der Waals surface area contributed by atoms with Crippen LogP contribution in [0.25, 0.3) is 0 Å². The average Bonchev–Trinajstić information content (AvgIpc) is 2.60. The van der Waals surface area contributed by atoms with Crippen molar-refractivity contribution < 1.29 is 14.0 Å². The van der Waals surface area contributed by atoms with Crippen LogP contribution in [0.2, 0.25) is 5.02 Å². The second-order valence-corrected chi connectivity index (χ2v) is 7.49. The molecule has 2 amide bonds. The summed E-state index contributed by atoms with van der Waals surface area (Å²) in [7, 11) is 0. The molecule has 0 aromatic heterocycles. The quantitative estimate of drug-likeness (QED) is 0.730. The summed E-state index contributed by atoms with van der Waals surface area (Å²) in [5, 5.41) is 0.577. The van der Waals surface area contributed by atoms with Gasteiger partial charge in [-0.3, -0.25) is 9.59 Å². The van der Waals surface area contributed by atoms with Gasteiger partial charge in [-0.15, -0.1) is 0 Å². The van der Waals surface area contributed by atoms with Crippen LogP contribution in [0.3, 0.4) is 0 Å². The lowest BCUT2D eigenvalue weighted by molar-refractivity contribution is -0.131. The first kappa shape index (κ1) is 18.9. The number of amides is 2. The Morgan fingerprint density at radius 2 is 1.73 bits per heavy atom. The molecule has 0 N–H and O–H groups in total. The highest BCUT2D eigenvalue weighted by molar-refractivity contribution is 9.10. The summed E-state index contributed by atoms with van der Waals surface area (Å²) in [5.74, 6) is -0.648. The van der Waals surface area contributed by atoms with Gasteiger partial charge in [0.25, 0.3) is 5.91 Å². The fourth-order valence-corrected chi connectivity index (χ4v) is 3.89. The van der Waals surface area contributed by atoms with Gasteiger partial charge in [0.1, 0.15) is 5.82 Å². The van der Waals surface area contributed by atoms with Crippen LogP contribution in [0, 0.1) is 5.82 Å². The van der Waals surface area contributed by atoms with E-state index in [9.17, 15) is 14.0 Å². The smallest absolute Gasteiger partial charge is 0.254 e. The van der Waals surface area contributed by atoms with Crippen molar-refractivity contribution in [1.82, 2.24) is 9.80 Å². The molecule has 1 heterocycles. The predicted molar refractivity (Wildman–Crippen MR) is 102 cm³/mol. The van der Waals surface area contributed by atoms with Crippen molar-refractivity contribution in [3.63, 3.8) is 0 Å². The minimum Gasteiger partial charge on any atom is -0.339 e. The molecule has 1 aliphatic heterocycles. The zero-order chi connectivity index (χ0) is 18.7. The number of hydrogen-bond acceptors (Lipinski definition) is 2. The summed E-state index contributed by atoms with van der Waals surface area (Å²) >= 11 is 9.39.